The Bertz CT molecular complexity index is 516. The van der Waals surface area contributed by atoms with Gasteiger partial charge in [-0.05, 0) is 44.9 Å². The highest BCUT2D eigenvalue weighted by Crippen LogP contribution is 2.16. The lowest BCUT2D eigenvalue weighted by molar-refractivity contribution is 0.142. The van der Waals surface area contributed by atoms with Gasteiger partial charge < -0.3 is 20.1 Å². The number of para-hydroxylation sites is 1. The fourth-order valence-electron chi connectivity index (χ4n) is 3.13. The summed E-state index contributed by atoms with van der Waals surface area (Å²) in [7, 11) is 1.76. The minimum atomic E-state index is 0. The first-order valence-electron chi connectivity index (χ1n) is 9.76. The predicted molar refractivity (Wildman–Crippen MR) is 122 cm³/mol. The van der Waals surface area contributed by atoms with Crippen LogP contribution >= 0.6 is 24.0 Å². The van der Waals surface area contributed by atoms with E-state index in [2.05, 4.69) is 22.5 Å². The molecule has 1 aliphatic rings. The van der Waals surface area contributed by atoms with E-state index in [0.29, 0.717) is 12.6 Å². The van der Waals surface area contributed by atoms with Crippen LogP contribution in [0.4, 0.5) is 0 Å². The smallest absolute Gasteiger partial charge is 0.191 e. The Labute approximate surface area is 181 Å². The van der Waals surface area contributed by atoms with E-state index in [-0.39, 0.29) is 24.0 Å². The number of nitrogens with zero attached hydrogens (tertiary/aromatic N) is 2. The van der Waals surface area contributed by atoms with Gasteiger partial charge >= 0.3 is 0 Å². The molecule has 1 aromatic carbocycles. The molecule has 1 fully saturated rings. The lowest BCUT2D eigenvalue weighted by Crippen LogP contribution is -2.40. The summed E-state index contributed by atoms with van der Waals surface area (Å²) in [6, 6.07) is 10.5. The number of hydrogen-bond donors (Lipinski definition) is 2. The number of hydrogen-bond acceptors (Lipinski definition) is 4. The van der Waals surface area contributed by atoms with E-state index < -0.39 is 0 Å². The van der Waals surface area contributed by atoms with Gasteiger partial charge in [0.05, 0.1) is 19.8 Å². The summed E-state index contributed by atoms with van der Waals surface area (Å²) in [5.74, 6) is 1.82. The van der Waals surface area contributed by atoms with Crippen LogP contribution in [0.3, 0.4) is 0 Å². The van der Waals surface area contributed by atoms with Crippen molar-refractivity contribution in [1.29, 1.82) is 0 Å². The number of halogens is 1. The van der Waals surface area contributed by atoms with E-state index in [1.165, 1.54) is 12.8 Å². The van der Waals surface area contributed by atoms with Gasteiger partial charge in [0.2, 0.25) is 0 Å². The Hall–Kier alpha value is -1.06. The molecule has 0 spiro atoms. The zero-order valence-corrected chi connectivity index (χ0v) is 19.0. The average Bonchev–Trinajstić information content (AvgIpc) is 3.12. The highest BCUT2D eigenvalue weighted by atomic mass is 127. The summed E-state index contributed by atoms with van der Waals surface area (Å²) in [5.41, 5.74) is 0. The zero-order valence-electron chi connectivity index (χ0n) is 16.7. The highest BCUT2D eigenvalue weighted by molar-refractivity contribution is 14.0. The van der Waals surface area contributed by atoms with Crippen molar-refractivity contribution in [3.63, 3.8) is 0 Å². The summed E-state index contributed by atoms with van der Waals surface area (Å²) in [5, 5.41) is 6.73. The van der Waals surface area contributed by atoms with Crippen molar-refractivity contribution in [3.05, 3.63) is 30.3 Å². The van der Waals surface area contributed by atoms with E-state index >= 15 is 0 Å². The molecule has 1 heterocycles. The van der Waals surface area contributed by atoms with Crippen molar-refractivity contribution < 1.29 is 9.47 Å². The number of likely N-dealkylation sites (tertiary alicyclic amines) is 1. The van der Waals surface area contributed by atoms with Crippen molar-refractivity contribution in [3.8, 4) is 5.75 Å². The van der Waals surface area contributed by atoms with Gasteiger partial charge in [-0.25, -0.2) is 0 Å². The Kier molecular flexibility index (Phi) is 13.3. The normalized spacial score (nSPS) is 17.4. The number of rotatable bonds is 11. The molecule has 1 saturated heterocycles. The van der Waals surface area contributed by atoms with E-state index in [0.717, 1.165) is 57.5 Å². The standard InChI is InChI=1S/C20H34N4O2.HI/c1-3-21-20(22-12-8-15-26-19-10-5-4-6-11-19)23-17-18-9-7-13-24(18)14-16-25-2;/h4-6,10-11,18H,3,7-9,12-17H2,1-2H3,(H2,21,22,23);1H. The van der Waals surface area contributed by atoms with Crippen molar-refractivity contribution in [2.45, 2.75) is 32.2 Å². The first-order valence-corrected chi connectivity index (χ1v) is 9.76. The van der Waals surface area contributed by atoms with Crippen LogP contribution in [0.5, 0.6) is 5.75 Å². The molecule has 0 saturated carbocycles. The Morgan fingerprint density at radius 2 is 2.04 bits per heavy atom. The second-order valence-corrected chi connectivity index (χ2v) is 6.49. The van der Waals surface area contributed by atoms with Crippen LogP contribution in [0.25, 0.3) is 0 Å². The van der Waals surface area contributed by atoms with Gasteiger partial charge in [-0.15, -0.1) is 24.0 Å². The van der Waals surface area contributed by atoms with E-state index in [4.69, 9.17) is 14.5 Å². The Morgan fingerprint density at radius 3 is 2.78 bits per heavy atom. The molecule has 0 amide bonds. The van der Waals surface area contributed by atoms with Crippen molar-refractivity contribution >= 4 is 29.9 Å². The first-order chi connectivity index (χ1) is 12.8. The van der Waals surface area contributed by atoms with Gasteiger partial charge in [0.1, 0.15) is 5.75 Å². The first kappa shape index (κ1) is 24.0. The SMILES string of the molecule is CCNC(=NCC1CCCN1CCOC)NCCCOc1ccccc1.I. The topological polar surface area (TPSA) is 58.1 Å². The van der Waals surface area contributed by atoms with E-state index in [9.17, 15) is 0 Å². The zero-order chi connectivity index (χ0) is 18.5. The second kappa shape index (κ2) is 14.9. The highest BCUT2D eigenvalue weighted by Gasteiger charge is 2.23. The third-order valence-electron chi connectivity index (χ3n) is 4.51. The number of benzene rings is 1. The second-order valence-electron chi connectivity index (χ2n) is 6.49. The average molecular weight is 490 g/mol. The van der Waals surface area contributed by atoms with Crippen LogP contribution < -0.4 is 15.4 Å². The molecule has 7 heteroatoms. The molecule has 27 heavy (non-hydrogen) atoms. The molecule has 0 aromatic heterocycles. The summed E-state index contributed by atoms with van der Waals surface area (Å²) in [4.78, 5) is 7.27. The number of methoxy groups -OCH3 is 1. The fourth-order valence-corrected chi connectivity index (χ4v) is 3.13. The Morgan fingerprint density at radius 1 is 1.22 bits per heavy atom. The lowest BCUT2D eigenvalue weighted by atomic mass is 10.2. The molecule has 0 aliphatic carbocycles. The van der Waals surface area contributed by atoms with Crippen molar-refractivity contribution in [2.24, 2.45) is 4.99 Å². The molecule has 0 bridgehead atoms. The molecule has 6 nitrogen and oxygen atoms in total. The van der Waals surface area contributed by atoms with Crippen LogP contribution in [0, 0.1) is 0 Å². The number of ether oxygens (including phenoxy) is 2. The molecule has 1 aliphatic heterocycles. The van der Waals surface area contributed by atoms with Crippen LogP contribution in [0.1, 0.15) is 26.2 Å². The molecule has 2 N–H and O–H groups in total. The largest absolute Gasteiger partial charge is 0.494 e. The molecule has 2 rings (SSSR count). The van der Waals surface area contributed by atoms with Crippen LogP contribution in [0.15, 0.2) is 35.3 Å². The van der Waals surface area contributed by atoms with Crippen LogP contribution in [-0.2, 0) is 4.74 Å². The predicted octanol–water partition coefficient (Wildman–Crippen LogP) is 2.74. The maximum Gasteiger partial charge on any atom is 0.191 e. The lowest BCUT2D eigenvalue weighted by Gasteiger charge is -2.23. The molecule has 1 unspecified atom stereocenters. The summed E-state index contributed by atoms with van der Waals surface area (Å²) >= 11 is 0. The van der Waals surface area contributed by atoms with Gasteiger partial charge in [-0.1, -0.05) is 18.2 Å². The van der Waals surface area contributed by atoms with Gasteiger partial charge in [-0.3, -0.25) is 9.89 Å². The summed E-state index contributed by atoms with van der Waals surface area (Å²) < 4.78 is 10.9. The van der Waals surface area contributed by atoms with Gasteiger partial charge in [0.15, 0.2) is 5.96 Å². The number of nitrogens with one attached hydrogen (secondary N) is 2. The molecule has 1 atom stereocenters. The van der Waals surface area contributed by atoms with E-state index in [1.807, 2.05) is 30.3 Å². The van der Waals surface area contributed by atoms with Gasteiger partial charge in [0, 0.05) is 32.8 Å². The van der Waals surface area contributed by atoms with Crippen LogP contribution in [-0.4, -0.2) is 69.9 Å². The van der Waals surface area contributed by atoms with E-state index in [1.54, 1.807) is 7.11 Å². The van der Waals surface area contributed by atoms with Gasteiger partial charge in [0.25, 0.3) is 0 Å². The molecular weight excluding hydrogens is 455 g/mol. The van der Waals surface area contributed by atoms with Crippen LogP contribution in [0.2, 0.25) is 0 Å². The molecule has 154 valence electrons. The van der Waals surface area contributed by atoms with Crippen molar-refractivity contribution in [1.82, 2.24) is 15.5 Å². The summed E-state index contributed by atoms with van der Waals surface area (Å²) in [6.07, 6.45) is 3.41. The minimum absolute atomic E-state index is 0. The van der Waals surface area contributed by atoms with Crippen molar-refractivity contribution in [2.75, 3.05) is 53.0 Å². The fraction of sp³-hybridized carbons (Fsp3) is 0.650. The molecular formula is C20H35IN4O2. The molecule has 0 radical (unpaired) electrons. The molecule has 1 aromatic rings. The minimum Gasteiger partial charge on any atom is -0.494 e. The Balaban J connectivity index is 0.00000364. The number of aliphatic imine (C=N–C) groups is 1. The quantitative estimate of drug-likeness (QED) is 0.216. The third-order valence-corrected chi connectivity index (χ3v) is 4.51. The monoisotopic (exact) mass is 490 g/mol. The van der Waals surface area contributed by atoms with Gasteiger partial charge in [-0.2, -0.15) is 0 Å². The maximum absolute atomic E-state index is 5.72. The maximum atomic E-state index is 5.72. The third kappa shape index (κ3) is 9.62. The number of guanidine groups is 1. The summed E-state index contributed by atoms with van der Waals surface area (Å²) in [6.45, 7) is 8.28.